The van der Waals surface area contributed by atoms with Crippen LogP contribution in [-0.4, -0.2) is 10.4 Å². The first-order chi connectivity index (χ1) is 8.19. The second-order valence-corrected chi connectivity index (χ2v) is 4.26. The van der Waals surface area contributed by atoms with Gasteiger partial charge in [0.1, 0.15) is 11.6 Å². The maximum absolute atomic E-state index is 12.0. The predicted molar refractivity (Wildman–Crippen MR) is 63.0 cm³/mol. The van der Waals surface area contributed by atoms with Crippen LogP contribution in [0.15, 0.2) is 10.9 Å². The summed E-state index contributed by atoms with van der Waals surface area (Å²) in [6.45, 7) is 2.55. The van der Waals surface area contributed by atoms with E-state index >= 15 is 0 Å². The van der Waals surface area contributed by atoms with Crippen molar-refractivity contribution in [1.82, 2.24) is 4.57 Å². The van der Waals surface area contributed by atoms with Crippen molar-refractivity contribution in [3.8, 4) is 6.07 Å². The molecule has 0 spiro atoms. The monoisotopic (exact) mass is 230 g/mol. The van der Waals surface area contributed by atoms with Crippen molar-refractivity contribution in [1.29, 1.82) is 5.26 Å². The highest BCUT2D eigenvalue weighted by Gasteiger charge is 2.22. The fourth-order valence-electron chi connectivity index (χ4n) is 2.31. The summed E-state index contributed by atoms with van der Waals surface area (Å²) in [5, 5.41) is 8.92. The lowest BCUT2D eigenvalue weighted by atomic mass is 9.93. The van der Waals surface area contributed by atoms with Crippen LogP contribution in [0.1, 0.15) is 47.8 Å². The second kappa shape index (κ2) is 4.54. The van der Waals surface area contributed by atoms with Crippen LogP contribution in [0.4, 0.5) is 0 Å². The number of hydrogen-bond donors (Lipinski definition) is 0. The van der Waals surface area contributed by atoms with E-state index in [2.05, 4.69) is 0 Å². The van der Waals surface area contributed by atoms with Crippen molar-refractivity contribution in [2.24, 2.45) is 0 Å². The predicted octanol–water partition coefficient (Wildman–Crippen LogP) is 1.65. The van der Waals surface area contributed by atoms with Crippen molar-refractivity contribution in [2.75, 3.05) is 0 Å². The van der Waals surface area contributed by atoms with Gasteiger partial charge < -0.3 is 4.57 Å². The van der Waals surface area contributed by atoms with Gasteiger partial charge in [0.05, 0.1) is 0 Å². The average Bonchev–Trinajstić information content (AvgIpc) is 2.33. The van der Waals surface area contributed by atoms with Gasteiger partial charge in [-0.2, -0.15) is 5.26 Å². The zero-order chi connectivity index (χ0) is 12.4. The molecule has 1 heterocycles. The minimum absolute atomic E-state index is 0.0487. The van der Waals surface area contributed by atoms with Gasteiger partial charge in [0, 0.05) is 24.2 Å². The Hall–Kier alpha value is -1.89. The first-order valence-electron chi connectivity index (χ1n) is 5.89. The molecule has 0 N–H and O–H groups in total. The van der Waals surface area contributed by atoms with Gasteiger partial charge in [-0.3, -0.25) is 9.59 Å². The summed E-state index contributed by atoms with van der Waals surface area (Å²) in [4.78, 5) is 23.8. The van der Waals surface area contributed by atoms with E-state index in [0.717, 1.165) is 25.0 Å². The molecule has 0 aliphatic heterocycles. The molecule has 0 saturated heterocycles. The van der Waals surface area contributed by atoms with Crippen LogP contribution in [0.5, 0.6) is 0 Å². The Morgan fingerprint density at radius 2 is 2.18 bits per heavy atom. The zero-order valence-electron chi connectivity index (χ0n) is 9.82. The number of carbonyl (C=O) groups is 1. The van der Waals surface area contributed by atoms with E-state index in [1.165, 1.54) is 6.07 Å². The molecule has 2 rings (SSSR count). The number of aromatic nitrogens is 1. The number of nitrogens with zero attached hydrogens (tertiary/aromatic N) is 2. The zero-order valence-corrected chi connectivity index (χ0v) is 9.82. The van der Waals surface area contributed by atoms with Gasteiger partial charge in [-0.1, -0.05) is 6.92 Å². The molecule has 4 nitrogen and oxygen atoms in total. The Morgan fingerprint density at radius 3 is 2.82 bits per heavy atom. The molecule has 1 aromatic rings. The summed E-state index contributed by atoms with van der Waals surface area (Å²) >= 11 is 0. The minimum atomic E-state index is -0.261. The van der Waals surface area contributed by atoms with Crippen LogP contribution in [0.3, 0.4) is 0 Å². The third kappa shape index (κ3) is 1.89. The number of fused-ring (bicyclic) bond motifs is 1. The Kier molecular flexibility index (Phi) is 3.10. The molecular weight excluding hydrogens is 216 g/mol. The molecule has 17 heavy (non-hydrogen) atoms. The van der Waals surface area contributed by atoms with Crippen molar-refractivity contribution in [2.45, 2.75) is 39.2 Å². The van der Waals surface area contributed by atoms with E-state index < -0.39 is 0 Å². The van der Waals surface area contributed by atoms with Crippen molar-refractivity contribution in [3.05, 3.63) is 33.2 Å². The van der Waals surface area contributed by atoms with Gasteiger partial charge in [-0.25, -0.2) is 0 Å². The van der Waals surface area contributed by atoms with Gasteiger partial charge in [0.2, 0.25) is 0 Å². The van der Waals surface area contributed by atoms with Crippen LogP contribution >= 0.6 is 0 Å². The number of pyridine rings is 1. The van der Waals surface area contributed by atoms with Crippen LogP contribution in [0.25, 0.3) is 0 Å². The lowest BCUT2D eigenvalue weighted by Crippen LogP contribution is -2.30. The summed E-state index contributed by atoms with van der Waals surface area (Å²) in [5.74, 6) is 0.0487. The van der Waals surface area contributed by atoms with Gasteiger partial charge >= 0.3 is 0 Å². The molecule has 0 amide bonds. The molecule has 0 saturated carbocycles. The summed E-state index contributed by atoms with van der Waals surface area (Å²) in [6.07, 6.45) is 2.88. The quantitative estimate of drug-likeness (QED) is 0.776. The average molecular weight is 230 g/mol. The van der Waals surface area contributed by atoms with E-state index in [9.17, 15) is 9.59 Å². The summed E-state index contributed by atoms with van der Waals surface area (Å²) in [5.41, 5.74) is 1.20. The molecule has 0 aromatic carbocycles. The fraction of sp³-hybridized carbons (Fsp3) is 0.462. The molecular formula is C13H14N2O2. The van der Waals surface area contributed by atoms with Crippen LogP contribution in [-0.2, 0) is 13.0 Å². The molecule has 1 aliphatic carbocycles. The Bertz CT molecular complexity index is 564. The standard InChI is InChI=1S/C13H14N2O2/c1-2-6-15-11-4-3-5-12(16)10(11)7-9(8-14)13(15)17/h7H,2-6H2,1H3. The van der Waals surface area contributed by atoms with E-state index in [-0.39, 0.29) is 16.9 Å². The lowest BCUT2D eigenvalue weighted by Gasteiger charge is -2.20. The van der Waals surface area contributed by atoms with Crippen molar-refractivity contribution >= 4 is 5.78 Å². The highest BCUT2D eigenvalue weighted by molar-refractivity contribution is 5.98. The minimum Gasteiger partial charge on any atom is -0.311 e. The summed E-state index contributed by atoms with van der Waals surface area (Å²) in [7, 11) is 0. The summed E-state index contributed by atoms with van der Waals surface area (Å²) in [6, 6.07) is 3.34. The number of ketones is 1. The molecule has 0 fully saturated rings. The third-order valence-corrected chi connectivity index (χ3v) is 3.09. The number of nitriles is 1. The van der Waals surface area contributed by atoms with Gasteiger partial charge in [0.25, 0.3) is 5.56 Å². The number of carbonyl (C=O) groups excluding carboxylic acids is 1. The van der Waals surface area contributed by atoms with Crippen LogP contribution in [0.2, 0.25) is 0 Å². The highest BCUT2D eigenvalue weighted by Crippen LogP contribution is 2.20. The molecule has 88 valence electrons. The van der Waals surface area contributed by atoms with Crippen LogP contribution in [0, 0.1) is 11.3 Å². The maximum atomic E-state index is 12.0. The highest BCUT2D eigenvalue weighted by atomic mass is 16.1. The lowest BCUT2D eigenvalue weighted by molar-refractivity contribution is 0.0970. The van der Waals surface area contributed by atoms with E-state index in [1.54, 1.807) is 4.57 Å². The molecule has 0 bridgehead atoms. The smallest absolute Gasteiger partial charge is 0.268 e. The molecule has 0 unspecified atom stereocenters. The Morgan fingerprint density at radius 1 is 1.41 bits per heavy atom. The largest absolute Gasteiger partial charge is 0.311 e. The Labute approximate surface area is 99.5 Å². The van der Waals surface area contributed by atoms with Gasteiger partial charge in [0.15, 0.2) is 5.78 Å². The fourth-order valence-corrected chi connectivity index (χ4v) is 2.31. The van der Waals surface area contributed by atoms with E-state index in [1.807, 2.05) is 13.0 Å². The number of rotatable bonds is 2. The van der Waals surface area contributed by atoms with Gasteiger partial charge in [-0.15, -0.1) is 0 Å². The summed E-state index contributed by atoms with van der Waals surface area (Å²) < 4.78 is 1.60. The van der Waals surface area contributed by atoms with Gasteiger partial charge in [-0.05, 0) is 25.3 Å². The van der Waals surface area contributed by atoms with E-state index in [4.69, 9.17) is 5.26 Å². The second-order valence-electron chi connectivity index (χ2n) is 4.26. The van der Waals surface area contributed by atoms with E-state index in [0.29, 0.717) is 18.5 Å². The first-order valence-corrected chi connectivity index (χ1v) is 5.89. The van der Waals surface area contributed by atoms with Crippen molar-refractivity contribution in [3.63, 3.8) is 0 Å². The maximum Gasteiger partial charge on any atom is 0.268 e. The third-order valence-electron chi connectivity index (χ3n) is 3.09. The van der Waals surface area contributed by atoms with Crippen molar-refractivity contribution < 1.29 is 4.79 Å². The number of hydrogen-bond acceptors (Lipinski definition) is 3. The molecule has 0 radical (unpaired) electrons. The molecule has 1 aromatic heterocycles. The molecule has 4 heteroatoms. The SMILES string of the molecule is CCCn1c2c(cc(C#N)c1=O)C(=O)CCC2. The topological polar surface area (TPSA) is 62.9 Å². The Balaban J connectivity index is 2.72. The van der Waals surface area contributed by atoms with Crippen LogP contribution < -0.4 is 5.56 Å². The normalized spacial score (nSPS) is 14.2. The first kappa shape index (κ1) is 11.6. The number of Topliss-reactive ketones (excluding diaryl/α,β-unsaturated/α-hetero) is 1. The molecule has 0 atom stereocenters. The molecule has 1 aliphatic rings.